The van der Waals surface area contributed by atoms with Gasteiger partial charge in [0.15, 0.2) is 0 Å². The van der Waals surface area contributed by atoms with Gasteiger partial charge in [-0.15, -0.1) is 0 Å². The molecule has 0 fully saturated rings. The molecule has 0 unspecified atom stereocenters. The number of carbonyl (C=O) groups is 1. The van der Waals surface area contributed by atoms with Gasteiger partial charge in [-0.1, -0.05) is 11.6 Å². The number of rotatable bonds is 1. The lowest BCUT2D eigenvalue weighted by atomic mass is 10.4. The fourth-order valence-electron chi connectivity index (χ4n) is 0.709. The van der Waals surface area contributed by atoms with Gasteiger partial charge in [0.05, 0.1) is 16.9 Å². The zero-order chi connectivity index (χ0) is 10.0. The van der Waals surface area contributed by atoms with Gasteiger partial charge in [0, 0.05) is 6.92 Å². The first-order valence-electron chi connectivity index (χ1n) is 3.33. The quantitative estimate of drug-likeness (QED) is 0.481. The van der Waals surface area contributed by atoms with Crippen LogP contribution in [0.4, 0.5) is 5.69 Å². The third kappa shape index (κ3) is 2.40. The van der Waals surface area contributed by atoms with Crippen LogP contribution in [0.3, 0.4) is 0 Å². The maximum absolute atomic E-state index is 10.7. The lowest BCUT2D eigenvalue weighted by Gasteiger charge is -2.11. The molecule has 0 spiro atoms. The standard InChI is InChI=1S/C7H6BrClN2O2/c1-4(12)11(13)5-2-6(9)7(8)10-3-5/h2-3,13H,1H3. The van der Waals surface area contributed by atoms with Crippen molar-refractivity contribution in [3.8, 4) is 0 Å². The van der Waals surface area contributed by atoms with Gasteiger partial charge in [-0.2, -0.15) is 5.06 Å². The Bertz CT molecular complexity index is 345. The van der Waals surface area contributed by atoms with Gasteiger partial charge in [-0.25, -0.2) is 4.98 Å². The zero-order valence-corrected chi connectivity index (χ0v) is 9.00. The van der Waals surface area contributed by atoms with E-state index in [4.69, 9.17) is 11.6 Å². The number of hydroxylamine groups is 1. The highest BCUT2D eigenvalue weighted by molar-refractivity contribution is 9.10. The second-order valence-electron chi connectivity index (χ2n) is 2.30. The molecule has 0 saturated carbocycles. The van der Waals surface area contributed by atoms with Crippen molar-refractivity contribution in [2.24, 2.45) is 0 Å². The zero-order valence-electron chi connectivity index (χ0n) is 6.66. The molecule has 0 atom stereocenters. The minimum absolute atomic E-state index is 0.237. The number of hydrogen-bond donors (Lipinski definition) is 1. The lowest BCUT2D eigenvalue weighted by Crippen LogP contribution is -2.23. The number of aromatic nitrogens is 1. The van der Waals surface area contributed by atoms with Gasteiger partial charge in [0.1, 0.15) is 4.60 Å². The van der Waals surface area contributed by atoms with Crippen LogP contribution < -0.4 is 5.06 Å². The maximum atomic E-state index is 10.7. The molecule has 0 saturated heterocycles. The Balaban J connectivity index is 3.03. The third-order valence-corrected chi connectivity index (χ3v) is 2.47. The Labute approximate surface area is 88.2 Å². The van der Waals surface area contributed by atoms with Gasteiger partial charge in [-0.05, 0) is 22.0 Å². The first-order chi connectivity index (χ1) is 6.02. The minimum atomic E-state index is -0.500. The summed E-state index contributed by atoms with van der Waals surface area (Å²) in [6.45, 7) is 1.23. The van der Waals surface area contributed by atoms with E-state index in [1.807, 2.05) is 0 Å². The van der Waals surface area contributed by atoms with Gasteiger partial charge in [-0.3, -0.25) is 10.0 Å². The summed E-state index contributed by atoms with van der Waals surface area (Å²) in [5.74, 6) is -0.500. The molecule has 0 bridgehead atoms. The van der Waals surface area contributed by atoms with Crippen molar-refractivity contribution in [2.45, 2.75) is 6.92 Å². The van der Waals surface area contributed by atoms with Crippen LogP contribution in [0.15, 0.2) is 16.9 Å². The average Bonchev–Trinajstić information content (AvgIpc) is 2.08. The van der Waals surface area contributed by atoms with E-state index in [-0.39, 0.29) is 5.69 Å². The highest BCUT2D eigenvalue weighted by atomic mass is 79.9. The summed E-state index contributed by atoms with van der Waals surface area (Å²) in [6, 6.07) is 1.43. The van der Waals surface area contributed by atoms with Crippen LogP contribution in [0.5, 0.6) is 0 Å². The van der Waals surface area contributed by atoms with Crippen LogP contribution >= 0.6 is 27.5 Å². The highest BCUT2D eigenvalue weighted by Gasteiger charge is 2.09. The molecule has 0 aliphatic rings. The Hall–Kier alpha value is -0.650. The molecule has 0 radical (unpaired) electrons. The summed E-state index contributed by atoms with van der Waals surface area (Å²) < 4.78 is 0.467. The van der Waals surface area contributed by atoms with E-state index in [0.717, 1.165) is 0 Å². The number of pyridine rings is 1. The van der Waals surface area contributed by atoms with E-state index in [1.54, 1.807) is 0 Å². The first-order valence-corrected chi connectivity index (χ1v) is 4.50. The molecule has 1 aromatic heterocycles. The van der Waals surface area contributed by atoms with Crippen molar-refractivity contribution < 1.29 is 10.0 Å². The fourth-order valence-corrected chi connectivity index (χ4v) is 1.09. The van der Waals surface area contributed by atoms with E-state index < -0.39 is 5.91 Å². The molecular formula is C7H6BrClN2O2. The van der Waals surface area contributed by atoms with E-state index in [1.165, 1.54) is 19.2 Å². The van der Waals surface area contributed by atoms with E-state index in [0.29, 0.717) is 14.7 Å². The van der Waals surface area contributed by atoms with E-state index in [2.05, 4.69) is 20.9 Å². The Morgan fingerprint density at radius 2 is 2.38 bits per heavy atom. The van der Waals surface area contributed by atoms with Crippen LogP contribution in [0, 0.1) is 0 Å². The Morgan fingerprint density at radius 1 is 1.77 bits per heavy atom. The summed E-state index contributed by atoms with van der Waals surface area (Å²) in [4.78, 5) is 14.5. The number of hydrogen-bond acceptors (Lipinski definition) is 3. The smallest absolute Gasteiger partial charge is 0.247 e. The molecule has 6 heteroatoms. The SMILES string of the molecule is CC(=O)N(O)c1cnc(Br)c(Cl)c1. The summed E-state index contributed by atoms with van der Waals surface area (Å²) in [5, 5.41) is 9.99. The summed E-state index contributed by atoms with van der Waals surface area (Å²) >= 11 is 8.79. The monoisotopic (exact) mass is 264 g/mol. The predicted molar refractivity (Wildman–Crippen MR) is 51.9 cm³/mol. The summed E-state index contributed by atoms with van der Waals surface area (Å²) in [5.41, 5.74) is 0.237. The molecule has 1 heterocycles. The van der Waals surface area contributed by atoms with Crippen molar-refractivity contribution in [3.63, 3.8) is 0 Å². The Kier molecular flexibility index (Phi) is 3.24. The van der Waals surface area contributed by atoms with E-state index >= 15 is 0 Å². The largest absolute Gasteiger partial charge is 0.281 e. The van der Waals surface area contributed by atoms with Crippen LogP contribution in [0.1, 0.15) is 6.92 Å². The second-order valence-corrected chi connectivity index (χ2v) is 3.46. The predicted octanol–water partition coefficient (Wildman–Crippen LogP) is 2.24. The van der Waals surface area contributed by atoms with Gasteiger partial charge in [0.25, 0.3) is 0 Å². The molecule has 1 amide bonds. The number of anilines is 1. The molecule has 13 heavy (non-hydrogen) atoms. The number of carbonyl (C=O) groups excluding carboxylic acids is 1. The number of amides is 1. The second kappa shape index (κ2) is 4.04. The molecule has 1 aromatic rings. The Morgan fingerprint density at radius 3 is 2.85 bits per heavy atom. The van der Waals surface area contributed by atoms with Crippen molar-refractivity contribution >= 4 is 39.1 Å². The van der Waals surface area contributed by atoms with Crippen LogP contribution in [-0.4, -0.2) is 16.1 Å². The molecule has 70 valence electrons. The third-order valence-electron chi connectivity index (χ3n) is 1.32. The van der Waals surface area contributed by atoms with Crippen molar-refractivity contribution in [2.75, 3.05) is 5.06 Å². The van der Waals surface area contributed by atoms with Gasteiger partial charge in [0.2, 0.25) is 5.91 Å². The first kappa shape index (κ1) is 10.4. The summed E-state index contributed by atoms with van der Waals surface area (Å²) in [6.07, 6.45) is 1.33. The molecule has 0 aromatic carbocycles. The number of halogens is 2. The van der Waals surface area contributed by atoms with E-state index in [9.17, 15) is 10.0 Å². The molecular weight excluding hydrogens is 259 g/mol. The summed E-state index contributed by atoms with van der Waals surface area (Å²) in [7, 11) is 0. The van der Waals surface area contributed by atoms with Crippen molar-refractivity contribution in [1.82, 2.24) is 4.98 Å². The molecule has 4 nitrogen and oxygen atoms in total. The lowest BCUT2D eigenvalue weighted by molar-refractivity contribution is -0.121. The minimum Gasteiger partial charge on any atom is -0.281 e. The van der Waals surface area contributed by atoms with Crippen molar-refractivity contribution in [1.29, 1.82) is 0 Å². The molecule has 0 aliphatic carbocycles. The van der Waals surface area contributed by atoms with Crippen LogP contribution in [0.2, 0.25) is 5.02 Å². The average molecular weight is 265 g/mol. The molecule has 0 aliphatic heterocycles. The van der Waals surface area contributed by atoms with Crippen molar-refractivity contribution in [3.05, 3.63) is 21.9 Å². The van der Waals surface area contributed by atoms with Crippen LogP contribution in [-0.2, 0) is 4.79 Å². The fraction of sp³-hybridized carbons (Fsp3) is 0.143. The molecule has 1 rings (SSSR count). The maximum Gasteiger partial charge on any atom is 0.247 e. The molecule has 1 N–H and O–H groups in total. The topological polar surface area (TPSA) is 53.4 Å². The number of nitrogens with zero attached hydrogens (tertiary/aromatic N) is 2. The van der Waals surface area contributed by atoms with Crippen LogP contribution in [0.25, 0.3) is 0 Å². The normalized spacial score (nSPS) is 9.85. The van der Waals surface area contributed by atoms with Gasteiger partial charge < -0.3 is 0 Å². The highest BCUT2D eigenvalue weighted by Crippen LogP contribution is 2.24. The van der Waals surface area contributed by atoms with Gasteiger partial charge >= 0.3 is 0 Å².